The summed E-state index contributed by atoms with van der Waals surface area (Å²) in [6.45, 7) is 8.67. The van der Waals surface area contributed by atoms with E-state index in [2.05, 4.69) is 26.8 Å². The van der Waals surface area contributed by atoms with Gasteiger partial charge in [-0.25, -0.2) is 0 Å². The number of benzene rings is 1. The predicted molar refractivity (Wildman–Crippen MR) is 91.8 cm³/mol. The van der Waals surface area contributed by atoms with E-state index in [1.165, 1.54) is 30.4 Å². The van der Waals surface area contributed by atoms with Gasteiger partial charge >= 0.3 is 0 Å². The third-order valence-electron chi connectivity index (χ3n) is 3.94. The number of carbonyl (C=O) groups excluding carboxylic acids is 1. The van der Waals surface area contributed by atoms with Gasteiger partial charge < -0.3 is 0 Å². The lowest BCUT2D eigenvalue weighted by molar-refractivity contribution is 0.0978. The maximum absolute atomic E-state index is 12.0. The highest BCUT2D eigenvalue weighted by atomic mass is 16.1. The third kappa shape index (κ3) is 7.84. The third-order valence-corrected chi connectivity index (χ3v) is 3.94. The van der Waals surface area contributed by atoms with Crippen LogP contribution in [0.4, 0.5) is 0 Å². The van der Waals surface area contributed by atoms with E-state index >= 15 is 0 Å². The summed E-state index contributed by atoms with van der Waals surface area (Å²) in [5.74, 6) is 1.04. The standard InChI is InChI=1S/C20H30O/c1-16(2)8-7-10-17(3)9-5-6-11-20(21)19-14-12-18(4)13-15-19/h8,12-15,17H,5-7,9-11H2,1-4H3. The first-order chi connectivity index (χ1) is 9.99. The Hall–Kier alpha value is -1.37. The molecule has 1 heteroatoms. The Kier molecular flexibility index (Phi) is 8.04. The number of allylic oxidation sites excluding steroid dienone is 2. The molecule has 0 fully saturated rings. The van der Waals surface area contributed by atoms with Gasteiger partial charge in [-0.05, 0) is 46.0 Å². The van der Waals surface area contributed by atoms with E-state index in [9.17, 15) is 4.79 Å². The molecule has 116 valence electrons. The van der Waals surface area contributed by atoms with Crippen molar-refractivity contribution in [1.29, 1.82) is 0 Å². The van der Waals surface area contributed by atoms with Crippen LogP contribution in [0.1, 0.15) is 75.2 Å². The van der Waals surface area contributed by atoms with E-state index in [0.717, 1.165) is 24.3 Å². The van der Waals surface area contributed by atoms with E-state index in [-0.39, 0.29) is 5.78 Å². The maximum atomic E-state index is 12.0. The Labute approximate surface area is 130 Å². The van der Waals surface area contributed by atoms with Gasteiger partial charge in [0, 0.05) is 12.0 Å². The Morgan fingerprint density at radius 3 is 2.38 bits per heavy atom. The van der Waals surface area contributed by atoms with Crippen LogP contribution in [0.2, 0.25) is 0 Å². The molecule has 0 radical (unpaired) electrons. The van der Waals surface area contributed by atoms with Gasteiger partial charge in [-0.15, -0.1) is 0 Å². The lowest BCUT2D eigenvalue weighted by Crippen LogP contribution is -2.00. The summed E-state index contributed by atoms with van der Waals surface area (Å²) in [7, 11) is 0. The molecule has 0 aromatic heterocycles. The molecule has 0 saturated carbocycles. The Morgan fingerprint density at radius 1 is 1.10 bits per heavy atom. The van der Waals surface area contributed by atoms with Crippen molar-refractivity contribution in [3.63, 3.8) is 0 Å². The lowest BCUT2D eigenvalue weighted by atomic mass is 9.96. The van der Waals surface area contributed by atoms with Crippen LogP contribution < -0.4 is 0 Å². The minimum absolute atomic E-state index is 0.284. The van der Waals surface area contributed by atoms with Crippen molar-refractivity contribution in [3.05, 3.63) is 47.0 Å². The molecule has 0 N–H and O–H groups in total. The highest BCUT2D eigenvalue weighted by Crippen LogP contribution is 2.17. The van der Waals surface area contributed by atoms with Gasteiger partial charge in [-0.2, -0.15) is 0 Å². The Balaban J connectivity index is 2.17. The molecule has 1 nitrogen and oxygen atoms in total. The lowest BCUT2D eigenvalue weighted by Gasteiger charge is -2.09. The van der Waals surface area contributed by atoms with Crippen LogP contribution in [0, 0.1) is 12.8 Å². The van der Waals surface area contributed by atoms with Crippen molar-refractivity contribution < 1.29 is 4.79 Å². The van der Waals surface area contributed by atoms with Crippen molar-refractivity contribution in [2.24, 2.45) is 5.92 Å². The number of Topliss-reactive ketones (excluding diaryl/α,β-unsaturated/α-hetero) is 1. The van der Waals surface area contributed by atoms with Crippen molar-refractivity contribution in [3.8, 4) is 0 Å². The maximum Gasteiger partial charge on any atom is 0.162 e. The molecule has 0 aliphatic heterocycles. The van der Waals surface area contributed by atoms with Crippen LogP contribution in [0.15, 0.2) is 35.9 Å². The molecule has 0 heterocycles. The number of rotatable bonds is 9. The molecule has 1 atom stereocenters. The second-order valence-corrected chi connectivity index (χ2v) is 6.50. The first-order valence-electron chi connectivity index (χ1n) is 8.22. The van der Waals surface area contributed by atoms with Crippen LogP contribution >= 0.6 is 0 Å². The van der Waals surface area contributed by atoms with E-state index in [1.807, 2.05) is 31.2 Å². The van der Waals surface area contributed by atoms with Crippen LogP contribution in [-0.2, 0) is 0 Å². The quantitative estimate of drug-likeness (QED) is 0.303. The van der Waals surface area contributed by atoms with Crippen molar-refractivity contribution >= 4 is 5.78 Å². The molecule has 0 saturated heterocycles. The Morgan fingerprint density at radius 2 is 1.76 bits per heavy atom. The predicted octanol–water partition coefficient (Wildman–Crippen LogP) is 6.12. The molecule has 1 rings (SSSR count). The summed E-state index contributed by atoms with van der Waals surface area (Å²) in [5.41, 5.74) is 3.47. The molecule has 1 aromatic carbocycles. The summed E-state index contributed by atoms with van der Waals surface area (Å²) in [6.07, 6.45) is 8.86. The topological polar surface area (TPSA) is 17.1 Å². The number of ketones is 1. The fourth-order valence-electron chi connectivity index (χ4n) is 2.46. The first-order valence-corrected chi connectivity index (χ1v) is 8.22. The van der Waals surface area contributed by atoms with Gasteiger partial charge in [0.2, 0.25) is 0 Å². The number of unbranched alkanes of at least 4 members (excludes halogenated alkanes) is 1. The van der Waals surface area contributed by atoms with Crippen LogP contribution in [-0.4, -0.2) is 5.78 Å². The number of hydrogen-bond donors (Lipinski definition) is 0. The summed E-state index contributed by atoms with van der Waals surface area (Å²) >= 11 is 0. The molecular formula is C20H30O. The second kappa shape index (κ2) is 9.55. The summed E-state index contributed by atoms with van der Waals surface area (Å²) in [4.78, 5) is 12.0. The largest absolute Gasteiger partial charge is 0.294 e. The molecule has 1 unspecified atom stereocenters. The molecular weight excluding hydrogens is 256 g/mol. The van der Waals surface area contributed by atoms with Gasteiger partial charge in [0.25, 0.3) is 0 Å². The van der Waals surface area contributed by atoms with Gasteiger partial charge in [0.1, 0.15) is 0 Å². The minimum Gasteiger partial charge on any atom is -0.294 e. The summed E-state index contributed by atoms with van der Waals surface area (Å²) in [6, 6.07) is 7.91. The molecule has 1 aromatic rings. The van der Waals surface area contributed by atoms with Crippen molar-refractivity contribution in [1.82, 2.24) is 0 Å². The molecule has 0 aliphatic carbocycles. The van der Waals surface area contributed by atoms with E-state index in [1.54, 1.807) is 0 Å². The van der Waals surface area contributed by atoms with E-state index in [4.69, 9.17) is 0 Å². The second-order valence-electron chi connectivity index (χ2n) is 6.50. The minimum atomic E-state index is 0.284. The first kappa shape index (κ1) is 17.7. The number of carbonyl (C=O) groups is 1. The Bertz CT molecular complexity index is 449. The van der Waals surface area contributed by atoms with E-state index < -0.39 is 0 Å². The zero-order valence-electron chi connectivity index (χ0n) is 14.1. The van der Waals surface area contributed by atoms with Gasteiger partial charge in [-0.1, -0.05) is 61.2 Å². The van der Waals surface area contributed by atoms with Gasteiger partial charge in [0.15, 0.2) is 5.78 Å². The molecule has 0 amide bonds. The van der Waals surface area contributed by atoms with Crippen LogP contribution in [0.25, 0.3) is 0 Å². The molecule has 0 spiro atoms. The zero-order valence-corrected chi connectivity index (χ0v) is 14.1. The highest BCUT2D eigenvalue weighted by molar-refractivity contribution is 5.96. The normalized spacial score (nSPS) is 12.0. The van der Waals surface area contributed by atoms with Crippen LogP contribution in [0.5, 0.6) is 0 Å². The SMILES string of the molecule is CC(C)=CCCC(C)CCCCC(=O)c1ccc(C)cc1. The monoisotopic (exact) mass is 286 g/mol. The average molecular weight is 286 g/mol. The van der Waals surface area contributed by atoms with Gasteiger partial charge in [-0.3, -0.25) is 4.79 Å². The smallest absolute Gasteiger partial charge is 0.162 e. The van der Waals surface area contributed by atoms with E-state index in [0.29, 0.717) is 6.42 Å². The van der Waals surface area contributed by atoms with Crippen LogP contribution in [0.3, 0.4) is 0 Å². The number of aryl methyl sites for hydroxylation is 1. The average Bonchev–Trinajstić information content (AvgIpc) is 2.43. The molecule has 0 bridgehead atoms. The summed E-state index contributed by atoms with van der Waals surface area (Å²) < 4.78 is 0. The number of hydrogen-bond acceptors (Lipinski definition) is 1. The fourth-order valence-corrected chi connectivity index (χ4v) is 2.46. The van der Waals surface area contributed by atoms with Crippen molar-refractivity contribution in [2.75, 3.05) is 0 Å². The highest BCUT2D eigenvalue weighted by Gasteiger charge is 2.06. The zero-order chi connectivity index (χ0) is 15.7. The summed E-state index contributed by atoms with van der Waals surface area (Å²) in [5, 5.41) is 0. The fraction of sp³-hybridized carbons (Fsp3) is 0.550. The molecule has 0 aliphatic rings. The van der Waals surface area contributed by atoms with Crippen molar-refractivity contribution in [2.45, 2.75) is 66.2 Å². The molecule has 21 heavy (non-hydrogen) atoms. The van der Waals surface area contributed by atoms with Gasteiger partial charge in [0.05, 0.1) is 0 Å².